The van der Waals surface area contributed by atoms with Crippen molar-refractivity contribution in [3.8, 4) is 0 Å². The largest absolute Gasteiger partial charge is 0.394 e. The Labute approximate surface area is 143 Å². The number of aliphatic hydroxyl groups is 4. The summed E-state index contributed by atoms with van der Waals surface area (Å²) in [5.74, 6) is -3.00. The number of hydrogen-bond donors (Lipinski definition) is 5. The number of Topliss-reactive ketones (excluding diaryl/α,β-unsaturated/α-hetero) is 1. The fourth-order valence-electron chi connectivity index (χ4n) is 3.41. The number of nitrogens with one attached hydrogen (secondary N) is 1. The summed E-state index contributed by atoms with van der Waals surface area (Å²) in [5.41, 5.74) is -1.17. The van der Waals surface area contributed by atoms with Gasteiger partial charge in [0.1, 0.15) is 12.2 Å². The second-order valence-electron chi connectivity index (χ2n) is 6.35. The number of carbonyl (C=O) groups is 2. The van der Waals surface area contributed by atoms with E-state index in [2.05, 4.69) is 4.98 Å². The number of aliphatic hydroxyl groups excluding tert-OH is 3. The fourth-order valence-corrected chi connectivity index (χ4v) is 3.41. The molecule has 1 amide bonds. The van der Waals surface area contributed by atoms with Gasteiger partial charge in [0, 0.05) is 36.6 Å². The monoisotopic (exact) mass is 348 g/mol. The lowest BCUT2D eigenvalue weighted by atomic mass is 9.79. The third-order valence-electron chi connectivity index (χ3n) is 4.83. The zero-order valence-electron chi connectivity index (χ0n) is 13.6. The van der Waals surface area contributed by atoms with Gasteiger partial charge >= 0.3 is 0 Å². The van der Waals surface area contributed by atoms with Crippen LogP contribution >= 0.6 is 0 Å². The summed E-state index contributed by atoms with van der Waals surface area (Å²) in [5, 5.41) is 40.2. The average Bonchev–Trinajstić information content (AvgIpc) is 3.15. The van der Waals surface area contributed by atoms with E-state index in [1.807, 2.05) is 12.1 Å². The van der Waals surface area contributed by atoms with E-state index in [1.165, 1.54) is 11.9 Å². The van der Waals surface area contributed by atoms with Crippen molar-refractivity contribution >= 4 is 22.6 Å². The molecule has 0 aliphatic carbocycles. The topological polar surface area (TPSA) is 134 Å². The van der Waals surface area contributed by atoms with E-state index in [0.29, 0.717) is 5.56 Å². The first-order chi connectivity index (χ1) is 11.8. The molecule has 0 saturated carbocycles. The number of amides is 1. The van der Waals surface area contributed by atoms with Crippen LogP contribution in [0.15, 0.2) is 30.5 Å². The number of likely N-dealkylation sites (N-methyl/N-ethyl adjacent to an activating group) is 1. The number of hydrogen-bond acceptors (Lipinski definition) is 6. The van der Waals surface area contributed by atoms with Crippen LogP contribution in [0.4, 0.5) is 0 Å². The van der Waals surface area contributed by atoms with Crippen LogP contribution in [0.5, 0.6) is 0 Å². The normalized spacial score (nSPS) is 26.2. The van der Waals surface area contributed by atoms with Crippen LogP contribution in [-0.2, 0) is 9.59 Å². The molecule has 5 N–H and O–H groups in total. The standard InChI is InChI=1S/C17H20N2O6/c1-19-7-11(10-6-18-12-5-3-2-4-9(10)12)17(25,16(19)24)15(23)14(22)13(21)8-20/h2-6,11,13-14,18,20-22,25H,7-8H2,1H3/t11-,13+,14-,17+/m1/s1. The highest BCUT2D eigenvalue weighted by molar-refractivity contribution is 6.14. The smallest absolute Gasteiger partial charge is 0.262 e. The number of likely N-dealkylation sites (tertiary alicyclic amines) is 1. The average molecular weight is 348 g/mol. The maximum atomic E-state index is 12.6. The molecule has 0 bridgehead atoms. The highest BCUT2D eigenvalue weighted by Gasteiger charge is 2.60. The van der Waals surface area contributed by atoms with E-state index < -0.39 is 42.0 Å². The van der Waals surface area contributed by atoms with Crippen LogP contribution in [0.3, 0.4) is 0 Å². The summed E-state index contributed by atoms with van der Waals surface area (Å²) in [6.07, 6.45) is -2.23. The number of rotatable bonds is 5. The van der Waals surface area contributed by atoms with Gasteiger partial charge in [0.15, 0.2) is 0 Å². The highest BCUT2D eigenvalue weighted by Crippen LogP contribution is 2.40. The summed E-state index contributed by atoms with van der Waals surface area (Å²) < 4.78 is 0. The first-order valence-electron chi connectivity index (χ1n) is 7.87. The van der Waals surface area contributed by atoms with Gasteiger partial charge in [-0.2, -0.15) is 0 Å². The molecule has 0 unspecified atom stereocenters. The minimum absolute atomic E-state index is 0.0743. The number of nitrogens with zero attached hydrogens (tertiary/aromatic N) is 1. The quantitative estimate of drug-likeness (QED) is 0.428. The molecule has 1 fully saturated rings. The van der Waals surface area contributed by atoms with Crippen molar-refractivity contribution in [1.82, 2.24) is 9.88 Å². The van der Waals surface area contributed by atoms with Crippen molar-refractivity contribution in [2.24, 2.45) is 0 Å². The second kappa shape index (κ2) is 6.23. The van der Waals surface area contributed by atoms with Crippen LogP contribution in [0.25, 0.3) is 10.9 Å². The van der Waals surface area contributed by atoms with Gasteiger partial charge in [-0.05, 0) is 11.6 Å². The molecule has 1 aliphatic heterocycles. The molecule has 1 aromatic heterocycles. The number of ketones is 1. The SMILES string of the molecule is CN1C[C@H](c2c[nH]c3ccccc23)[C@](O)(C(=O)[C@H](O)[C@@H](O)CO)C1=O. The summed E-state index contributed by atoms with van der Waals surface area (Å²) >= 11 is 0. The lowest BCUT2D eigenvalue weighted by Gasteiger charge is -2.28. The van der Waals surface area contributed by atoms with Crippen LogP contribution < -0.4 is 0 Å². The Kier molecular flexibility index (Phi) is 4.38. The third-order valence-corrected chi connectivity index (χ3v) is 4.83. The number of H-pyrrole nitrogens is 1. The Bertz CT molecular complexity index is 818. The third kappa shape index (κ3) is 2.54. The molecular weight excluding hydrogens is 328 g/mol. The van der Waals surface area contributed by atoms with Crippen molar-refractivity contribution in [3.05, 3.63) is 36.0 Å². The molecule has 1 aromatic carbocycles. The minimum atomic E-state index is -2.52. The molecule has 4 atom stereocenters. The van der Waals surface area contributed by atoms with Gasteiger partial charge in [-0.1, -0.05) is 18.2 Å². The lowest BCUT2D eigenvalue weighted by Crippen LogP contribution is -2.56. The fraction of sp³-hybridized carbons (Fsp3) is 0.412. The summed E-state index contributed by atoms with van der Waals surface area (Å²) in [7, 11) is 1.45. The number of aromatic nitrogens is 1. The Morgan fingerprint density at radius 1 is 1.40 bits per heavy atom. The zero-order chi connectivity index (χ0) is 18.4. The van der Waals surface area contributed by atoms with Crippen LogP contribution in [0.1, 0.15) is 11.5 Å². The van der Waals surface area contributed by atoms with Gasteiger partial charge < -0.3 is 30.3 Å². The van der Waals surface area contributed by atoms with E-state index in [0.717, 1.165) is 10.9 Å². The summed E-state index contributed by atoms with van der Waals surface area (Å²) in [6, 6.07) is 7.25. The number of aromatic amines is 1. The molecule has 2 aromatic rings. The summed E-state index contributed by atoms with van der Waals surface area (Å²) in [6.45, 7) is -0.796. The van der Waals surface area contributed by atoms with Crippen molar-refractivity contribution in [2.45, 2.75) is 23.7 Å². The summed E-state index contributed by atoms with van der Waals surface area (Å²) in [4.78, 5) is 29.4. The van der Waals surface area contributed by atoms with Gasteiger partial charge in [0.05, 0.1) is 6.61 Å². The van der Waals surface area contributed by atoms with Crippen molar-refractivity contribution in [1.29, 1.82) is 0 Å². The molecule has 8 heteroatoms. The van der Waals surface area contributed by atoms with Gasteiger partial charge in [-0.25, -0.2) is 0 Å². The van der Waals surface area contributed by atoms with Gasteiger partial charge in [0.25, 0.3) is 5.91 Å². The molecule has 8 nitrogen and oxygen atoms in total. The molecular formula is C17H20N2O6. The van der Waals surface area contributed by atoms with Gasteiger partial charge in [0.2, 0.25) is 11.4 Å². The Balaban J connectivity index is 2.09. The first-order valence-corrected chi connectivity index (χ1v) is 7.87. The van der Waals surface area contributed by atoms with Crippen molar-refractivity contribution < 1.29 is 30.0 Å². The molecule has 134 valence electrons. The highest BCUT2D eigenvalue weighted by atomic mass is 16.4. The predicted molar refractivity (Wildman–Crippen MR) is 87.7 cm³/mol. The Morgan fingerprint density at radius 3 is 2.76 bits per heavy atom. The molecule has 0 radical (unpaired) electrons. The van der Waals surface area contributed by atoms with Gasteiger partial charge in [-0.3, -0.25) is 9.59 Å². The Hall–Kier alpha value is -2.26. The van der Waals surface area contributed by atoms with Crippen LogP contribution in [0.2, 0.25) is 0 Å². The molecule has 2 heterocycles. The predicted octanol–water partition coefficient (Wildman–Crippen LogP) is -1.26. The number of fused-ring (bicyclic) bond motifs is 1. The minimum Gasteiger partial charge on any atom is -0.394 e. The maximum absolute atomic E-state index is 12.6. The molecule has 3 rings (SSSR count). The van der Waals surface area contributed by atoms with E-state index in [1.54, 1.807) is 18.3 Å². The molecule has 25 heavy (non-hydrogen) atoms. The number of para-hydroxylation sites is 1. The van der Waals surface area contributed by atoms with Gasteiger partial charge in [-0.15, -0.1) is 0 Å². The van der Waals surface area contributed by atoms with E-state index in [-0.39, 0.29) is 6.54 Å². The zero-order valence-corrected chi connectivity index (χ0v) is 13.6. The maximum Gasteiger partial charge on any atom is 0.262 e. The van der Waals surface area contributed by atoms with Crippen LogP contribution in [-0.4, -0.2) is 80.0 Å². The van der Waals surface area contributed by atoms with Crippen molar-refractivity contribution in [2.75, 3.05) is 20.2 Å². The lowest BCUT2D eigenvalue weighted by molar-refractivity contribution is -0.163. The number of benzene rings is 1. The molecule has 0 spiro atoms. The Morgan fingerprint density at radius 2 is 2.08 bits per heavy atom. The molecule has 1 aliphatic rings. The first kappa shape index (κ1) is 17.6. The molecule has 1 saturated heterocycles. The second-order valence-corrected chi connectivity index (χ2v) is 6.35. The van der Waals surface area contributed by atoms with Crippen LogP contribution in [0, 0.1) is 0 Å². The van der Waals surface area contributed by atoms with E-state index in [9.17, 15) is 24.9 Å². The van der Waals surface area contributed by atoms with Crippen molar-refractivity contribution in [3.63, 3.8) is 0 Å². The number of carbonyl (C=O) groups excluding carboxylic acids is 2. The van der Waals surface area contributed by atoms with E-state index >= 15 is 0 Å². The van der Waals surface area contributed by atoms with E-state index in [4.69, 9.17) is 5.11 Å².